The summed E-state index contributed by atoms with van der Waals surface area (Å²) in [7, 11) is -4.97. The summed E-state index contributed by atoms with van der Waals surface area (Å²) in [6.45, 7) is 7.00. The van der Waals surface area contributed by atoms with Gasteiger partial charge in [0.15, 0.2) is 0 Å². The number of halogens is 1. The van der Waals surface area contributed by atoms with E-state index in [0.29, 0.717) is 18.7 Å². The van der Waals surface area contributed by atoms with Crippen molar-refractivity contribution in [3.8, 4) is 5.75 Å². The lowest BCUT2D eigenvalue weighted by molar-refractivity contribution is -0.126. The minimum atomic E-state index is -4.97. The average Bonchev–Trinajstić information content (AvgIpc) is 3.21. The van der Waals surface area contributed by atoms with Crippen molar-refractivity contribution >= 4 is 28.0 Å². The van der Waals surface area contributed by atoms with Gasteiger partial charge < -0.3 is 30.5 Å². The smallest absolute Gasteiger partial charge is 0.407 e. The van der Waals surface area contributed by atoms with E-state index in [-0.39, 0.29) is 31.3 Å². The van der Waals surface area contributed by atoms with Crippen molar-refractivity contribution in [2.24, 2.45) is 11.8 Å². The number of alkyl carbamates (subject to hydrolysis) is 1. The molecule has 3 amide bonds. The molecule has 0 radical (unpaired) electrons. The topological polar surface area (TPSA) is 180 Å². The third kappa shape index (κ3) is 10.1. The minimum absolute atomic E-state index is 0.0881. The molecular formula is C24H36FN3O9S. The van der Waals surface area contributed by atoms with Crippen LogP contribution in [0, 0.1) is 17.7 Å². The number of rotatable bonds is 13. The number of hydrogen-bond donors (Lipinski definition) is 5. The summed E-state index contributed by atoms with van der Waals surface area (Å²) < 4.78 is 56.6. The maximum absolute atomic E-state index is 13.1. The lowest BCUT2D eigenvalue weighted by atomic mass is 9.97. The fraction of sp³-hybridized carbons (Fsp3) is 0.625. The molecule has 1 aliphatic heterocycles. The van der Waals surface area contributed by atoms with Crippen LogP contribution >= 0.6 is 0 Å². The van der Waals surface area contributed by atoms with Crippen molar-refractivity contribution in [2.45, 2.75) is 70.1 Å². The third-order valence-corrected chi connectivity index (χ3v) is 6.69. The van der Waals surface area contributed by atoms with Crippen LogP contribution in [0.1, 0.15) is 47.0 Å². The van der Waals surface area contributed by atoms with Crippen molar-refractivity contribution in [3.63, 3.8) is 0 Å². The zero-order valence-electron chi connectivity index (χ0n) is 21.8. The summed E-state index contributed by atoms with van der Waals surface area (Å²) in [5.74, 6) is -2.03. The maximum Gasteiger partial charge on any atom is 0.407 e. The average molecular weight is 562 g/mol. The van der Waals surface area contributed by atoms with Crippen LogP contribution in [0.25, 0.3) is 0 Å². The summed E-state index contributed by atoms with van der Waals surface area (Å²) >= 11 is 0. The van der Waals surface area contributed by atoms with E-state index in [1.165, 1.54) is 24.3 Å². The summed E-state index contributed by atoms with van der Waals surface area (Å²) in [5.41, 5.74) is -3.38. The summed E-state index contributed by atoms with van der Waals surface area (Å²) in [5, 5.41) is 17.5. The number of carbonyl (C=O) groups excluding carboxylic acids is 3. The van der Waals surface area contributed by atoms with Crippen molar-refractivity contribution in [2.75, 3.05) is 13.2 Å². The van der Waals surface area contributed by atoms with E-state index in [1.54, 1.807) is 27.7 Å². The number of hydrogen-bond acceptors (Lipinski definition) is 8. The fourth-order valence-electron chi connectivity index (χ4n) is 3.89. The van der Waals surface area contributed by atoms with Gasteiger partial charge in [-0.1, -0.05) is 13.8 Å². The zero-order chi connectivity index (χ0) is 28.7. The van der Waals surface area contributed by atoms with Gasteiger partial charge in [-0.2, -0.15) is 8.42 Å². The molecule has 1 aliphatic rings. The van der Waals surface area contributed by atoms with Gasteiger partial charge >= 0.3 is 6.09 Å². The Bertz CT molecular complexity index is 1080. The first-order chi connectivity index (χ1) is 17.6. The van der Waals surface area contributed by atoms with Crippen molar-refractivity contribution in [1.29, 1.82) is 0 Å². The van der Waals surface area contributed by atoms with E-state index >= 15 is 0 Å². The van der Waals surface area contributed by atoms with Crippen molar-refractivity contribution in [1.82, 2.24) is 16.0 Å². The molecule has 0 spiro atoms. The van der Waals surface area contributed by atoms with Crippen molar-refractivity contribution in [3.05, 3.63) is 30.1 Å². The van der Waals surface area contributed by atoms with Crippen LogP contribution in [0.4, 0.5) is 9.18 Å². The molecule has 0 aliphatic carbocycles. The first-order valence-corrected chi connectivity index (χ1v) is 13.7. The molecule has 4 atom stereocenters. The van der Waals surface area contributed by atoms with Gasteiger partial charge in [-0.15, -0.1) is 0 Å². The Morgan fingerprint density at radius 1 is 1.21 bits per heavy atom. The van der Waals surface area contributed by atoms with Gasteiger partial charge in [-0.3, -0.25) is 14.1 Å². The van der Waals surface area contributed by atoms with Gasteiger partial charge in [-0.25, -0.2) is 9.18 Å². The highest BCUT2D eigenvalue weighted by atomic mass is 32.2. The highest BCUT2D eigenvalue weighted by molar-refractivity contribution is 7.86. The Labute approximate surface area is 221 Å². The molecule has 1 saturated heterocycles. The van der Waals surface area contributed by atoms with Gasteiger partial charge in [0.05, 0.1) is 6.04 Å². The van der Waals surface area contributed by atoms with Crippen molar-refractivity contribution < 1.29 is 46.3 Å². The molecule has 12 nitrogen and oxygen atoms in total. The fourth-order valence-corrected chi connectivity index (χ4v) is 4.49. The Morgan fingerprint density at radius 3 is 2.37 bits per heavy atom. The molecule has 0 saturated carbocycles. The normalized spacial score (nSPS) is 18.3. The second-order valence-corrected chi connectivity index (χ2v) is 11.8. The summed E-state index contributed by atoms with van der Waals surface area (Å²) in [6.07, 6.45) is -0.704. The molecule has 5 N–H and O–H groups in total. The number of aliphatic hydroxyl groups is 1. The Kier molecular flexibility index (Phi) is 10.9. The van der Waals surface area contributed by atoms with E-state index in [1.807, 2.05) is 0 Å². The van der Waals surface area contributed by atoms with E-state index in [2.05, 4.69) is 16.0 Å². The monoisotopic (exact) mass is 561 g/mol. The van der Waals surface area contributed by atoms with Crippen LogP contribution in [0.5, 0.6) is 5.75 Å². The Morgan fingerprint density at radius 2 is 1.84 bits per heavy atom. The standard InChI is InChI=1S/C24H36FN3O9S/c1-14(2)11-18(28-23(32)36-13-24(3,4)37-17-7-5-16(25)6-8-17)21(30)27-19(22(31)38(33,34)35)12-15-9-10-26-20(15)29/h5-8,14-15,18-19,22,31H,9-13H2,1-4H3,(H,26,29)(H,27,30)(H,28,32)(H,33,34,35)/t15-,18-,19-,22+/m0/s1. The lowest BCUT2D eigenvalue weighted by Crippen LogP contribution is -2.55. The van der Waals surface area contributed by atoms with Crippen LogP contribution in [-0.2, 0) is 24.4 Å². The quantitative estimate of drug-likeness (QED) is 0.222. The molecule has 1 fully saturated rings. The summed E-state index contributed by atoms with van der Waals surface area (Å²) in [4.78, 5) is 37.5. The van der Waals surface area contributed by atoms with E-state index in [0.717, 1.165) is 0 Å². The van der Waals surface area contributed by atoms with Gasteiger partial charge in [0.2, 0.25) is 17.3 Å². The van der Waals surface area contributed by atoms with Gasteiger partial charge in [-0.05, 0) is 63.3 Å². The van der Waals surface area contributed by atoms with E-state index in [9.17, 15) is 36.9 Å². The SMILES string of the molecule is CC(C)C[C@H](NC(=O)OCC(C)(C)Oc1ccc(F)cc1)C(=O)N[C@@H](C[C@@H]1CCNC1=O)[C@H](O)S(=O)(=O)O. The van der Waals surface area contributed by atoms with Gasteiger partial charge in [0.1, 0.15) is 29.8 Å². The molecule has 0 unspecified atom stereocenters. The number of carbonyl (C=O) groups is 3. The molecular weight excluding hydrogens is 525 g/mol. The number of amides is 3. The second kappa shape index (κ2) is 13.2. The highest BCUT2D eigenvalue weighted by Crippen LogP contribution is 2.21. The Balaban J connectivity index is 2.05. The molecule has 1 heterocycles. The lowest BCUT2D eigenvalue weighted by Gasteiger charge is -2.28. The molecule has 0 aromatic heterocycles. The van der Waals surface area contributed by atoms with Gasteiger partial charge in [0, 0.05) is 12.5 Å². The van der Waals surface area contributed by atoms with Crippen LogP contribution < -0.4 is 20.7 Å². The third-order valence-electron chi connectivity index (χ3n) is 5.75. The predicted octanol–water partition coefficient (Wildman–Crippen LogP) is 1.34. The maximum atomic E-state index is 13.1. The molecule has 38 heavy (non-hydrogen) atoms. The minimum Gasteiger partial charge on any atom is -0.484 e. The number of ether oxygens (including phenoxy) is 2. The first-order valence-electron chi connectivity index (χ1n) is 12.2. The number of benzene rings is 1. The van der Waals surface area contributed by atoms with Crippen LogP contribution in [0.2, 0.25) is 0 Å². The Hall–Kier alpha value is -2.97. The van der Waals surface area contributed by atoms with Crippen LogP contribution in [0.15, 0.2) is 24.3 Å². The first kappa shape index (κ1) is 31.2. The second-order valence-electron chi connectivity index (χ2n) is 10.3. The van der Waals surface area contributed by atoms with E-state index < -0.39 is 57.0 Å². The number of aliphatic hydroxyl groups excluding tert-OH is 1. The zero-order valence-corrected chi connectivity index (χ0v) is 22.6. The highest BCUT2D eigenvalue weighted by Gasteiger charge is 2.38. The molecule has 1 aromatic rings. The largest absolute Gasteiger partial charge is 0.484 e. The molecule has 0 bridgehead atoms. The molecule has 2 rings (SSSR count). The molecule has 1 aromatic carbocycles. The predicted molar refractivity (Wildman–Crippen MR) is 134 cm³/mol. The van der Waals surface area contributed by atoms with Crippen LogP contribution in [-0.4, -0.2) is 72.3 Å². The number of nitrogens with one attached hydrogen (secondary N) is 3. The van der Waals surface area contributed by atoms with Gasteiger partial charge in [0.25, 0.3) is 10.1 Å². The van der Waals surface area contributed by atoms with Crippen LogP contribution in [0.3, 0.4) is 0 Å². The summed E-state index contributed by atoms with van der Waals surface area (Å²) in [6, 6.07) is 2.59. The molecule has 14 heteroatoms. The van der Waals surface area contributed by atoms with E-state index in [4.69, 9.17) is 9.47 Å². The molecule has 214 valence electrons.